The van der Waals surface area contributed by atoms with Crippen LogP contribution in [0.3, 0.4) is 0 Å². The summed E-state index contributed by atoms with van der Waals surface area (Å²) >= 11 is 0. The number of benzene rings is 1. The molecule has 2 heteroatoms. The van der Waals surface area contributed by atoms with Gasteiger partial charge in [-0.05, 0) is 30.4 Å². The number of rotatable bonds is 5. The lowest BCUT2D eigenvalue weighted by molar-refractivity contribution is 0.443. The molecule has 0 aromatic heterocycles. The van der Waals surface area contributed by atoms with Gasteiger partial charge in [-0.25, -0.2) is 0 Å². The normalized spacial score (nSPS) is 18.5. The lowest BCUT2D eigenvalue weighted by Gasteiger charge is -2.24. The van der Waals surface area contributed by atoms with E-state index < -0.39 is 0 Å². The van der Waals surface area contributed by atoms with E-state index in [-0.39, 0.29) is 0 Å². The molecule has 0 heterocycles. The molecule has 1 atom stereocenters. The fraction of sp³-hybridized carbons (Fsp3) is 0.600. The van der Waals surface area contributed by atoms with Crippen molar-refractivity contribution < 1.29 is 0 Å². The minimum Gasteiger partial charge on any atom is -0.329 e. The van der Waals surface area contributed by atoms with E-state index in [1.807, 2.05) is 0 Å². The molecule has 1 fully saturated rings. The summed E-state index contributed by atoms with van der Waals surface area (Å²) in [5.74, 6) is 0. The maximum Gasteiger partial charge on any atom is 0.0449 e. The first-order valence-corrected chi connectivity index (χ1v) is 6.89. The lowest BCUT2D eigenvalue weighted by Crippen LogP contribution is -2.35. The van der Waals surface area contributed by atoms with Crippen LogP contribution in [0.5, 0.6) is 0 Å². The van der Waals surface area contributed by atoms with Gasteiger partial charge in [0.25, 0.3) is 0 Å². The van der Waals surface area contributed by atoms with Gasteiger partial charge in [0.2, 0.25) is 0 Å². The zero-order valence-electron chi connectivity index (χ0n) is 10.8. The summed E-state index contributed by atoms with van der Waals surface area (Å²) in [7, 11) is 0. The van der Waals surface area contributed by atoms with Crippen molar-refractivity contribution in [1.82, 2.24) is 5.32 Å². The van der Waals surface area contributed by atoms with Gasteiger partial charge < -0.3 is 11.1 Å². The lowest BCUT2D eigenvalue weighted by atomic mass is 9.98. The first kappa shape index (κ1) is 12.6. The second kappa shape index (κ2) is 6.18. The second-order valence-corrected chi connectivity index (χ2v) is 4.99. The molecule has 0 radical (unpaired) electrons. The summed E-state index contributed by atoms with van der Waals surface area (Å²) in [4.78, 5) is 0. The van der Waals surface area contributed by atoms with Gasteiger partial charge in [-0.2, -0.15) is 0 Å². The fourth-order valence-corrected chi connectivity index (χ4v) is 2.86. The maximum atomic E-state index is 5.94. The van der Waals surface area contributed by atoms with Gasteiger partial charge in [0.1, 0.15) is 0 Å². The van der Waals surface area contributed by atoms with Crippen LogP contribution in [0.1, 0.15) is 49.8 Å². The zero-order valence-corrected chi connectivity index (χ0v) is 10.8. The molecule has 0 aliphatic heterocycles. The van der Waals surface area contributed by atoms with Crippen molar-refractivity contribution in [3.8, 4) is 0 Å². The Morgan fingerprint density at radius 1 is 1.29 bits per heavy atom. The minimum absolute atomic E-state index is 0.328. The Bertz CT molecular complexity index is 343. The summed E-state index contributed by atoms with van der Waals surface area (Å²) < 4.78 is 0. The molecule has 94 valence electrons. The zero-order chi connectivity index (χ0) is 12.1. The summed E-state index contributed by atoms with van der Waals surface area (Å²) in [6.45, 7) is 2.90. The largest absolute Gasteiger partial charge is 0.329 e. The molecule has 3 N–H and O–H groups in total. The van der Waals surface area contributed by atoms with Crippen LogP contribution >= 0.6 is 0 Å². The van der Waals surface area contributed by atoms with Crippen LogP contribution in [-0.2, 0) is 6.42 Å². The van der Waals surface area contributed by atoms with Crippen molar-refractivity contribution >= 4 is 0 Å². The topological polar surface area (TPSA) is 38.0 Å². The molecule has 1 saturated carbocycles. The van der Waals surface area contributed by atoms with Crippen molar-refractivity contribution in [2.24, 2.45) is 5.73 Å². The predicted octanol–water partition coefficient (Wildman–Crippen LogP) is 2.78. The van der Waals surface area contributed by atoms with E-state index in [1.165, 1.54) is 36.8 Å². The summed E-state index contributed by atoms with van der Waals surface area (Å²) in [5.41, 5.74) is 8.76. The third-order valence-corrected chi connectivity index (χ3v) is 3.84. The molecule has 1 aliphatic carbocycles. The molecule has 0 saturated heterocycles. The summed E-state index contributed by atoms with van der Waals surface area (Å²) in [6, 6.07) is 9.67. The number of hydrogen-bond acceptors (Lipinski definition) is 2. The van der Waals surface area contributed by atoms with Crippen LogP contribution in [-0.4, -0.2) is 12.6 Å². The molecule has 0 amide bonds. The van der Waals surface area contributed by atoms with Crippen molar-refractivity contribution in [1.29, 1.82) is 0 Å². The number of hydrogen-bond donors (Lipinski definition) is 2. The Labute approximate surface area is 105 Å². The number of nitrogens with one attached hydrogen (secondary N) is 1. The Balaban J connectivity index is 2.10. The van der Waals surface area contributed by atoms with Crippen LogP contribution < -0.4 is 11.1 Å². The first-order chi connectivity index (χ1) is 8.35. The maximum absolute atomic E-state index is 5.94. The molecule has 1 unspecified atom stereocenters. The second-order valence-electron chi connectivity index (χ2n) is 4.99. The van der Waals surface area contributed by atoms with E-state index in [1.54, 1.807) is 0 Å². The van der Waals surface area contributed by atoms with E-state index in [0.717, 1.165) is 6.42 Å². The minimum atomic E-state index is 0.328. The average molecular weight is 232 g/mol. The fourth-order valence-electron chi connectivity index (χ4n) is 2.86. The van der Waals surface area contributed by atoms with Crippen molar-refractivity contribution in [2.45, 2.75) is 51.1 Å². The number of aryl methyl sites for hydroxylation is 1. The Kier molecular flexibility index (Phi) is 4.57. The molecular weight excluding hydrogens is 208 g/mol. The van der Waals surface area contributed by atoms with Gasteiger partial charge >= 0.3 is 0 Å². The monoisotopic (exact) mass is 232 g/mol. The number of nitrogens with two attached hydrogens (primary N) is 1. The van der Waals surface area contributed by atoms with Crippen molar-refractivity contribution in [2.75, 3.05) is 6.54 Å². The van der Waals surface area contributed by atoms with Crippen LogP contribution in [0.25, 0.3) is 0 Å². The molecule has 1 aliphatic rings. The van der Waals surface area contributed by atoms with Crippen LogP contribution in [0.2, 0.25) is 0 Å². The van der Waals surface area contributed by atoms with E-state index >= 15 is 0 Å². The highest BCUT2D eigenvalue weighted by atomic mass is 15.0. The van der Waals surface area contributed by atoms with E-state index in [4.69, 9.17) is 5.73 Å². The summed E-state index contributed by atoms with van der Waals surface area (Å²) in [5, 5.41) is 3.73. The molecule has 1 aromatic rings. The predicted molar refractivity (Wildman–Crippen MR) is 73.0 cm³/mol. The Morgan fingerprint density at radius 3 is 2.65 bits per heavy atom. The SMILES string of the molecule is CCc1ccccc1C(CN)NC1CCCC1. The van der Waals surface area contributed by atoms with Gasteiger partial charge in [-0.1, -0.05) is 44.0 Å². The summed E-state index contributed by atoms with van der Waals surface area (Å²) in [6.07, 6.45) is 6.43. The molecule has 17 heavy (non-hydrogen) atoms. The first-order valence-electron chi connectivity index (χ1n) is 6.89. The van der Waals surface area contributed by atoms with E-state index in [2.05, 4.69) is 36.5 Å². The molecular formula is C15H24N2. The van der Waals surface area contributed by atoms with Gasteiger partial charge in [-0.15, -0.1) is 0 Å². The van der Waals surface area contributed by atoms with Crippen LogP contribution in [0, 0.1) is 0 Å². The molecule has 2 rings (SSSR count). The van der Waals surface area contributed by atoms with E-state index in [0.29, 0.717) is 18.6 Å². The molecule has 1 aromatic carbocycles. The third-order valence-electron chi connectivity index (χ3n) is 3.84. The molecule has 2 nitrogen and oxygen atoms in total. The van der Waals surface area contributed by atoms with Gasteiger partial charge in [0, 0.05) is 18.6 Å². The highest BCUT2D eigenvalue weighted by Gasteiger charge is 2.20. The van der Waals surface area contributed by atoms with Crippen LogP contribution in [0.15, 0.2) is 24.3 Å². The highest BCUT2D eigenvalue weighted by Crippen LogP contribution is 2.23. The Morgan fingerprint density at radius 2 is 2.00 bits per heavy atom. The van der Waals surface area contributed by atoms with Crippen LogP contribution in [0.4, 0.5) is 0 Å². The van der Waals surface area contributed by atoms with Crippen molar-refractivity contribution in [3.05, 3.63) is 35.4 Å². The average Bonchev–Trinajstić information content (AvgIpc) is 2.89. The smallest absolute Gasteiger partial charge is 0.0449 e. The molecule has 0 spiro atoms. The van der Waals surface area contributed by atoms with Crippen molar-refractivity contribution in [3.63, 3.8) is 0 Å². The van der Waals surface area contributed by atoms with E-state index in [9.17, 15) is 0 Å². The van der Waals surface area contributed by atoms with Gasteiger partial charge in [-0.3, -0.25) is 0 Å². The standard InChI is InChI=1S/C15H24N2/c1-2-12-7-3-6-10-14(12)15(11-16)17-13-8-4-5-9-13/h3,6-7,10,13,15,17H,2,4-5,8-9,11,16H2,1H3. The third kappa shape index (κ3) is 3.08. The Hall–Kier alpha value is -0.860. The van der Waals surface area contributed by atoms with Gasteiger partial charge in [0.05, 0.1) is 0 Å². The quantitative estimate of drug-likeness (QED) is 0.819. The molecule has 0 bridgehead atoms. The highest BCUT2D eigenvalue weighted by molar-refractivity contribution is 5.30. The van der Waals surface area contributed by atoms with Gasteiger partial charge in [0.15, 0.2) is 0 Å².